The second kappa shape index (κ2) is 9.45. The quantitative estimate of drug-likeness (QED) is 0.373. The summed E-state index contributed by atoms with van der Waals surface area (Å²) in [5, 5.41) is 0.557. The predicted octanol–water partition coefficient (Wildman–Crippen LogP) is 3.31. The maximum absolute atomic E-state index is 12.3. The van der Waals surface area contributed by atoms with Crippen molar-refractivity contribution in [1.82, 2.24) is 10.4 Å². The van der Waals surface area contributed by atoms with Crippen LogP contribution in [-0.2, 0) is 14.3 Å². The lowest BCUT2D eigenvalue weighted by Crippen LogP contribution is -2.49. The third kappa shape index (κ3) is 6.84. The van der Waals surface area contributed by atoms with E-state index in [0.29, 0.717) is 5.01 Å². The standard InChI is InChI=1S/C18H24N2O6/c1-11(2)24-17(22)19-20(18(23)25-12(3)4)14(6)16(21)26-15-9-7-13(5)8-10-15/h7-12H,6H2,1-5H3,(H,19,22). The molecule has 0 aliphatic rings. The summed E-state index contributed by atoms with van der Waals surface area (Å²) in [5.41, 5.74) is 2.68. The number of hydrazine groups is 1. The van der Waals surface area contributed by atoms with Gasteiger partial charge >= 0.3 is 18.2 Å². The highest BCUT2D eigenvalue weighted by atomic mass is 16.6. The highest BCUT2D eigenvalue weighted by molar-refractivity contribution is 5.93. The monoisotopic (exact) mass is 364 g/mol. The van der Waals surface area contributed by atoms with Crippen molar-refractivity contribution in [3.05, 3.63) is 42.1 Å². The number of amides is 2. The third-order valence-electron chi connectivity index (χ3n) is 2.80. The third-order valence-corrected chi connectivity index (χ3v) is 2.80. The molecular weight excluding hydrogens is 340 g/mol. The molecule has 2 amide bonds. The topological polar surface area (TPSA) is 94.2 Å². The molecule has 8 nitrogen and oxygen atoms in total. The van der Waals surface area contributed by atoms with E-state index >= 15 is 0 Å². The molecule has 0 heterocycles. The first kappa shape index (κ1) is 21.0. The summed E-state index contributed by atoms with van der Waals surface area (Å²) in [4.78, 5) is 36.3. The highest BCUT2D eigenvalue weighted by Crippen LogP contribution is 2.14. The number of nitrogens with one attached hydrogen (secondary N) is 1. The SMILES string of the molecule is C=C(C(=O)Oc1ccc(C)cc1)N(NC(=O)OC(C)C)C(=O)OC(C)C. The van der Waals surface area contributed by atoms with E-state index in [9.17, 15) is 14.4 Å². The molecule has 0 radical (unpaired) electrons. The van der Waals surface area contributed by atoms with Crippen molar-refractivity contribution in [3.8, 4) is 5.75 Å². The fraction of sp³-hybridized carbons (Fsp3) is 0.389. The average molecular weight is 364 g/mol. The summed E-state index contributed by atoms with van der Waals surface area (Å²) < 4.78 is 15.1. The largest absolute Gasteiger partial charge is 0.446 e. The molecule has 0 fully saturated rings. The maximum atomic E-state index is 12.3. The van der Waals surface area contributed by atoms with Gasteiger partial charge in [0.25, 0.3) is 0 Å². The molecule has 0 atom stereocenters. The molecule has 0 saturated carbocycles. The Morgan fingerprint density at radius 1 is 1.00 bits per heavy atom. The molecule has 0 aliphatic heterocycles. The van der Waals surface area contributed by atoms with Gasteiger partial charge in [0, 0.05) is 0 Å². The van der Waals surface area contributed by atoms with Gasteiger partial charge in [0.1, 0.15) is 11.4 Å². The van der Waals surface area contributed by atoms with Gasteiger partial charge in [-0.05, 0) is 46.8 Å². The van der Waals surface area contributed by atoms with Crippen LogP contribution in [0.4, 0.5) is 9.59 Å². The zero-order valence-corrected chi connectivity index (χ0v) is 15.6. The minimum Gasteiger partial charge on any atom is -0.446 e. The fourth-order valence-corrected chi connectivity index (χ4v) is 1.67. The Morgan fingerprint density at radius 3 is 2.04 bits per heavy atom. The lowest BCUT2D eigenvalue weighted by Gasteiger charge is -2.24. The van der Waals surface area contributed by atoms with E-state index in [0.717, 1.165) is 5.56 Å². The zero-order chi connectivity index (χ0) is 19.9. The number of carbonyl (C=O) groups is 3. The van der Waals surface area contributed by atoms with Gasteiger partial charge in [0.2, 0.25) is 0 Å². The molecule has 1 N–H and O–H groups in total. The van der Waals surface area contributed by atoms with Gasteiger partial charge in [-0.1, -0.05) is 24.3 Å². The molecule has 1 aromatic carbocycles. The van der Waals surface area contributed by atoms with E-state index in [1.165, 1.54) is 0 Å². The molecule has 142 valence electrons. The van der Waals surface area contributed by atoms with E-state index in [1.807, 2.05) is 6.92 Å². The first-order chi connectivity index (χ1) is 12.1. The molecule has 0 unspecified atom stereocenters. The second-order valence-corrected chi connectivity index (χ2v) is 5.98. The average Bonchev–Trinajstić information content (AvgIpc) is 2.52. The summed E-state index contributed by atoms with van der Waals surface area (Å²) in [5.74, 6) is -0.664. The Hall–Kier alpha value is -3.03. The second-order valence-electron chi connectivity index (χ2n) is 5.98. The molecule has 8 heteroatoms. The molecule has 0 bridgehead atoms. The van der Waals surface area contributed by atoms with Crippen molar-refractivity contribution in [2.24, 2.45) is 0 Å². The van der Waals surface area contributed by atoms with Gasteiger partial charge in [-0.25, -0.2) is 19.8 Å². The normalized spacial score (nSPS) is 10.3. The van der Waals surface area contributed by atoms with Gasteiger partial charge in [0.05, 0.1) is 12.2 Å². The Labute approximate surface area is 152 Å². The number of benzene rings is 1. The number of ether oxygens (including phenoxy) is 3. The molecule has 0 spiro atoms. The Balaban J connectivity index is 2.90. The number of esters is 1. The minimum atomic E-state index is -0.994. The van der Waals surface area contributed by atoms with Crippen molar-refractivity contribution in [2.45, 2.75) is 46.8 Å². The Bertz CT molecular complexity index is 667. The first-order valence-corrected chi connectivity index (χ1v) is 8.06. The molecule has 0 aliphatic carbocycles. The summed E-state index contributed by atoms with van der Waals surface area (Å²) in [6, 6.07) is 6.71. The van der Waals surface area contributed by atoms with Crippen LogP contribution in [-0.4, -0.2) is 35.4 Å². The number of aryl methyl sites for hydroxylation is 1. The van der Waals surface area contributed by atoms with Crippen molar-refractivity contribution < 1.29 is 28.6 Å². The number of carbonyl (C=O) groups excluding carboxylic acids is 3. The van der Waals surface area contributed by atoms with Crippen LogP contribution in [0.3, 0.4) is 0 Å². The predicted molar refractivity (Wildman–Crippen MR) is 94.2 cm³/mol. The lowest BCUT2D eigenvalue weighted by molar-refractivity contribution is -0.132. The molecule has 0 saturated heterocycles. The summed E-state index contributed by atoms with van der Waals surface area (Å²) in [6.45, 7) is 11.9. The number of rotatable bonds is 5. The lowest BCUT2D eigenvalue weighted by atomic mass is 10.2. The van der Waals surface area contributed by atoms with E-state index in [-0.39, 0.29) is 5.75 Å². The molecule has 1 aromatic rings. The van der Waals surface area contributed by atoms with Gasteiger partial charge in [0.15, 0.2) is 0 Å². The molecule has 0 aromatic heterocycles. The number of hydrogen-bond donors (Lipinski definition) is 1. The summed E-state index contributed by atoms with van der Waals surface area (Å²) in [7, 11) is 0. The summed E-state index contributed by atoms with van der Waals surface area (Å²) in [6.07, 6.45) is -2.84. The van der Waals surface area contributed by atoms with Gasteiger partial charge < -0.3 is 14.2 Å². The van der Waals surface area contributed by atoms with Crippen LogP contribution < -0.4 is 10.2 Å². The smallest absolute Gasteiger partial charge is 0.434 e. The van der Waals surface area contributed by atoms with Crippen LogP contribution in [0.5, 0.6) is 5.75 Å². The first-order valence-electron chi connectivity index (χ1n) is 8.06. The molecule has 1 rings (SSSR count). The number of nitrogens with zero attached hydrogens (tertiary/aromatic N) is 1. The van der Waals surface area contributed by atoms with Crippen LogP contribution in [0.2, 0.25) is 0 Å². The van der Waals surface area contributed by atoms with Crippen LogP contribution in [0.1, 0.15) is 33.3 Å². The van der Waals surface area contributed by atoms with E-state index in [4.69, 9.17) is 14.2 Å². The minimum absolute atomic E-state index is 0.267. The van der Waals surface area contributed by atoms with Crippen LogP contribution in [0.25, 0.3) is 0 Å². The van der Waals surface area contributed by atoms with Crippen LogP contribution in [0.15, 0.2) is 36.5 Å². The highest BCUT2D eigenvalue weighted by Gasteiger charge is 2.28. The van der Waals surface area contributed by atoms with Crippen molar-refractivity contribution in [2.75, 3.05) is 0 Å². The van der Waals surface area contributed by atoms with Gasteiger partial charge in [-0.15, -0.1) is 0 Å². The van der Waals surface area contributed by atoms with E-state index < -0.39 is 36.1 Å². The Morgan fingerprint density at radius 2 is 1.54 bits per heavy atom. The zero-order valence-electron chi connectivity index (χ0n) is 15.6. The van der Waals surface area contributed by atoms with E-state index in [1.54, 1.807) is 52.0 Å². The van der Waals surface area contributed by atoms with Crippen LogP contribution >= 0.6 is 0 Å². The van der Waals surface area contributed by atoms with Gasteiger partial charge in [-0.2, -0.15) is 5.01 Å². The van der Waals surface area contributed by atoms with Crippen molar-refractivity contribution in [1.29, 1.82) is 0 Å². The molecular formula is C18H24N2O6. The number of hydrogen-bond acceptors (Lipinski definition) is 6. The van der Waals surface area contributed by atoms with Crippen molar-refractivity contribution >= 4 is 18.2 Å². The van der Waals surface area contributed by atoms with Crippen LogP contribution in [0, 0.1) is 6.92 Å². The molecule has 26 heavy (non-hydrogen) atoms. The van der Waals surface area contributed by atoms with E-state index in [2.05, 4.69) is 12.0 Å². The van der Waals surface area contributed by atoms with Crippen molar-refractivity contribution in [3.63, 3.8) is 0 Å². The maximum Gasteiger partial charge on any atom is 0.434 e. The van der Waals surface area contributed by atoms with Gasteiger partial charge in [-0.3, -0.25) is 0 Å². The Kier molecular flexibility index (Phi) is 7.64. The summed E-state index contributed by atoms with van der Waals surface area (Å²) >= 11 is 0. The fourth-order valence-electron chi connectivity index (χ4n) is 1.67.